The maximum absolute atomic E-state index is 12.8. The van der Waals surface area contributed by atoms with Crippen molar-refractivity contribution in [2.75, 3.05) is 19.8 Å². The third-order valence-corrected chi connectivity index (χ3v) is 24.9. The molecule has 12 saturated carbocycles. The quantitative estimate of drug-likeness (QED) is 0.0524. The van der Waals surface area contributed by atoms with Crippen LogP contribution in [0.1, 0.15) is 122 Å². The van der Waals surface area contributed by atoms with Crippen molar-refractivity contribution in [3.8, 4) is 0 Å². The van der Waals surface area contributed by atoms with Gasteiger partial charge in [0.1, 0.15) is 12.8 Å². The molecule has 12 fully saturated rings. The average molecular weight is 1580 g/mol. The summed E-state index contributed by atoms with van der Waals surface area (Å²) in [5, 5.41) is 7.41. The Labute approximate surface area is 685 Å². The molecule has 12 bridgehead atoms. The van der Waals surface area contributed by atoms with E-state index in [1.807, 2.05) is 0 Å². The van der Waals surface area contributed by atoms with E-state index in [0.29, 0.717) is 6.67 Å². The van der Waals surface area contributed by atoms with E-state index in [4.69, 9.17) is 51.4 Å². The molecule has 6 aromatic rings. The predicted octanol–water partition coefficient (Wildman–Crippen LogP) is 4.45. The van der Waals surface area contributed by atoms with Gasteiger partial charge in [-0.2, -0.15) is 0 Å². The maximum Gasteiger partial charge on any atom is 1.00 e. The number of alkyl halides is 1. The molecule has 0 spiro atoms. The van der Waals surface area contributed by atoms with E-state index in [0.717, 1.165) is 111 Å². The first-order valence-electron chi connectivity index (χ1n) is 33.2. The molecule has 13 nitrogen and oxygen atoms in total. The molecule has 1 atom stereocenters. The van der Waals surface area contributed by atoms with Gasteiger partial charge >= 0.3 is 122 Å². The van der Waals surface area contributed by atoms with Crippen LogP contribution in [-0.2, 0) is 66.9 Å². The van der Waals surface area contributed by atoms with Crippen LogP contribution in [0.3, 0.4) is 0 Å². The number of rotatable bonds is 14. The summed E-state index contributed by atoms with van der Waals surface area (Å²) in [5.74, 6) is 6.62. The smallest absolute Gasteiger partial charge is 1.00 e. The summed E-state index contributed by atoms with van der Waals surface area (Å²) in [7, 11) is -6.25. The summed E-state index contributed by atoms with van der Waals surface area (Å²) in [6, 6.07) is 64.3. The van der Waals surface area contributed by atoms with Crippen LogP contribution in [-0.4, -0.2) is 79.0 Å². The van der Waals surface area contributed by atoms with Crippen molar-refractivity contribution in [3.05, 3.63) is 195 Å². The number of aliphatic hydroxyl groups is 1. The molecular formula is C76H89BrClF3Na3O13S4+. The third kappa shape index (κ3) is 27.8. The second-order valence-corrected chi connectivity index (χ2v) is 32.4. The molecular weight excluding hydrogens is 1490 g/mol. The fourth-order valence-electron chi connectivity index (χ4n) is 17.8. The van der Waals surface area contributed by atoms with Crippen LogP contribution in [0.5, 0.6) is 0 Å². The second kappa shape index (κ2) is 46.5. The SMILES string of the molecule is CC(F)COC(=O)C12CC3CC(CC(C3)C1)C2.O=C(Cl)C12CC3CC(CC(C3)C1)C2.O=C(OC[CH-]F)C12CC3CC(CC(C3)C1)C2.O=S(=O)=O.O=S(=O)=O.OC[CH-]F.[Br-].[Na+].[Na+].[Na+].[OH-].c1ccc([S+](c2ccccc2)c2ccccc2)cc1.c1ccc([S+](c2ccccc2)c2ccccc2)cc1. The Morgan fingerprint density at radius 1 is 0.436 bits per heavy atom. The first kappa shape index (κ1) is 92.6. The molecule has 0 aliphatic heterocycles. The van der Waals surface area contributed by atoms with E-state index in [2.05, 4.69) is 182 Å². The summed E-state index contributed by atoms with van der Waals surface area (Å²) in [6.45, 7) is 1.31. The van der Waals surface area contributed by atoms with Crippen LogP contribution < -0.4 is 106 Å². The van der Waals surface area contributed by atoms with Gasteiger partial charge in [-0.15, -0.1) is 38.6 Å². The normalized spacial score (nSPS) is 26.1. The number of esters is 2. The first-order valence-corrected chi connectivity index (χ1v) is 38.0. The van der Waals surface area contributed by atoms with Crippen LogP contribution in [0.15, 0.2) is 211 Å². The van der Waals surface area contributed by atoms with Crippen LogP contribution in [0.4, 0.5) is 13.2 Å². The Morgan fingerprint density at radius 3 is 0.792 bits per heavy atom. The standard InChI is InChI=1S/2C18H15S.C14H21FO2.C13H18FO2.C11H15ClO.C2H4FO.BrH.3Na.2O3S.H2O/c2*1-4-10-16(11-5-1)19(17-12-6-2-7-13-17)18-14-8-3-9-15-18;1-9(15)8-17-13(16)14-5-10-2-11(6-14)4-12(3-10)7-14;14-1-2-16-12(15)13-6-9-3-10(7-13)5-11(4-9)8-13;12-10(13)11-4-7-1-8(5-11)3-9(2-7)6-11;3-1-2-4;;;;;2*1-4(2)3;/h2*1-15H;9-12H,2-8H2,1H3;1,9-11H,2-8H2;7-9H,1-6H2;1,4H,2H2;1H;;;;;;1H2/q2*+1;;-1;;-1;;3*+1;;;/p-2. The summed E-state index contributed by atoms with van der Waals surface area (Å²) < 4.78 is 95.9. The summed E-state index contributed by atoms with van der Waals surface area (Å²) in [4.78, 5) is 43.9. The van der Waals surface area contributed by atoms with Crippen molar-refractivity contribution in [2.24, 2.45) is 69.5 Å². The number of carbonyl (C=O) groups excluding carboxylic acids is 3. The van der Waals surface area contributed by atoms with Gasteiger partial charge in [0.25, 0.3) is 0 Å². The Bertz CT molecular complexity index is 3180. The Balaban J connectivity index is 0.000000312. The van der Waals surface area contributed by atoms with E-state index in [1.165, 1.54) is 94.1 Å². The van der Waals surface area contributed by atoms with Gasteiger partial charge in [-0.25, -0.2) is 4.39 Å². The van der Waals surface area contributed by atoms with E-state index in [-0.39, 0.29) is 186 Å². The summed E-state index contributed by atoms with van der Waals surface area (Å²) >= 11 is 5.76. The molecule has 18 rings (SSSR count). The fraction of sp³-hybridized carbons (Fsp3) is 0.461. The second-order valence-electron chi connectivity index (χ2n) is 27.2. The van der Waals surface area contributed by atoms with E-state index in [1.54, 1.807) is 0 Å². The van der Waals surface area contributed by atoms with Gasteiger partial charge in [-0.3, -0.25) is 14.4 Å². The minimum atomic E-state index is -3.11. The zero-order valence-electron chi connectivity index (χ0n) is 58.0. The van der Waals surface area contributed by atoms with Crippen LogP contribution in [0.2, 0.25) is 0 Å². The maximum atomic E-state index is 12.8. The molecule has 2 N–H and O–H groups in total. The number of aliphatic hydroxyl groups excluding tert-OH is 1. The first-order chi connectivity index (χ1) is 46.2. The summed E-state index contributed by atoms with van der Waals surface area (Å²) in [5.41, 5.74) is -0.544. The van der Waals surface area contributed by atoms with Crippen LogP contribution in [0.25, 0.3) is 0 Å². The molecule has 1 unspecified atom stereocenters. The van der Waals surface area contributed by atoms with E-state index in [9.17, 15) is 27.6 Å². The number of hydrogen-bond acceptors (Lipinski definition) is 13. The number of carbonyl (C=O) groups is 3. The van der Waals surface area contributed by atoms with Crippen molar-refractivity contribution in [1.29, 1.82) is 0 Å². The molecule has 0 radical (unpaired) electrons. The van der Waals surface area contributed by atoms with Crippen molar-refractivity contribution in [2.45, 2.75) is 158 Å². The average Bonchev–Trinajstić information content (AvgIpc) is 0.757. The molecule has 12 aliphatic rings. The number of halogens is 5. The molecule has 532 valence electrons. The van der Waals surface area contributed by atoms with Gasteiger partial charge in [0.15, 0.2) is 29.4 Å². The molecule has 12 aliphatic carbocycles. The minimum absolute atomic E-state index is 0. The van der Waals surface area contributed by atoms with Crippen molar-refractivity contribution < 1.29 is 179 Å². The Morgan fingerprint density at radius 2 is 0.624 bits per heavy atom. The number of ether oxygens (including phenoxy) is 2. The Hall–Kier alpha value is -2.65. The van der Waals surface area contributed by atoms with Crippen LogP contribution in [0, 0.1) is 82.9 Å². The van der Waals surface area contributed by atoms with Gasteiger partial charge in [0.05, 0.1) is 32.6 Å². The van der Waals surface area contributed by atoms with Gasteiger partial charge in [-0.05, 0) is 267 Å². The molecule has 101 heavy (non-hydrogen) atoms. The van der Waals surface area contributed by atoms with Crippen molar-refractivity contribution in [1.82, 2.24) is 0 Å². The van der Waals surface area contributed by atoms with Gasteiger partial charge < -0.3 is 45.8 Å². The number of hydrogen-bond donors (Lipinski definition) is 1. The Kier molecular flexibility index (Phi) is 42.6. The van der Waals surface area contributed by atoms with Gasteiger partial charge in [-0.1, -0.05) is 116 Å². The molecule has 6 aromatic carbocycles. The van der Waals surface area contributed by atoms with Gasteiger partial charge in [0.2, 0.25) is 5.24 Å². The van der Waals surface area contributed by atoms with Crippen LogP contribution >= 0.6 is 11.6 Å². The number of benzene rings is 6. The molecule has 0 amide bonds. The topological polar surface area (TPSA) is 222 Å². The largest absolute Gasteiger partial charge is 1.00 e. The van der Waals surface area contributed by atoms with E-state index >= 15 is 0 Å². The summed E-state index contributed by atoms with van der Waals surface area (Å²) in [6.07, 6.45) is 20.2. The van der Waals surface area contributed by atoms with E-state index < -0.39 is 34.0 Å². The fourth-order valence-corrected chi connectivity index (χ4v) is 22.3. The molecule has 0 saturated heterocycles. The zero-order chi connectivity index (χ0) is 68.7. The zero-order valence-corrected chi connectivity index (χ0v) is 69.6. The monoisotopic (exact) mass is 1580 g/mol. The third-order valence-electron chi connectivity index (χ3n) is 20.1. The molecule has 25 heteroatoms. The van der Waals surface area contributed by atoms with Crippen molar-refractivity contribution >= 4 is 71.8 Å². The molecule has 0 heterocycles. The predicted molar refractivity (Wildman–Crippen MR) is 367 cm³/mol. The minimum Gasteiger partial charge on any atom is -1.00 e. The molecule has 0 aromatic heterocycles. The van der Waals surface area contributed by atoms with Crippen molar-refractivity contribution in [3.63, 3.8) is 0 Å². The van der Waals surface area contributed by atoms with Gasteiger partial charge in [0, 0.05) is 5.41 Å².